The molecule has 26 heavy (non-hydrogen) atoms. The predicted molar refractivity (Wildman–Crippen MR) is 94.4 cm³/mol. The molecule has 0 saturated carbocycles. The third-order valence-corrected chi connectivity index (χ3v) is 4.13. The first-order valence-corrected chi connectivity index (χ1v) is 7.94. The van der Waals surface area contributed by atoms with Crippen LogP contribution >= 0.6 is 0 Å². The Morgan fingerprint density at radius 3 is 2.38 bits per heavy atom. The van der Waals surface area contributed by atoms with Gasteiger partial charge in [-0.15, -0.1) is 0 Å². The second-order valence-corrected chi connectivity index (χ2v) is 5.96. The lowest BCUT2D eigenvalue weighted by Gasteiger charge is -2.16. The number of carbonyl (C=O) groups is 4. The van der Waals surface area contributed by atoms with E-state index in [0.717, 1.165) is 4.90 Å². The van der Waals surface area contributed by atoms with Gasteiger partial charge in [0.1, 0.15) is 6.04 Å². The van der Waals surface area contributed by atoms with Crippen molar-refractivity contribution in [1.82, 2.24) is 0 Å². The van der Waals surface area contributed by atoms with E-state index in [9.17, 15) is 19.2 Å². The fourth-order valence-electron chi connectivity index (χ4n) is 2.79. The molecule has 3 rings (SSSR count). The molecule has 0 bridgehead atoms. The average molecular weight is 352 g/mol. The quantitative estimate of drug-likeness (QED) is 0.632. The van der Waals surface area contributed by atoms with Crippen LogP contribution in [0.2, 0.25) is 0 Å². The number of ketones is 1. The third kappa shape index (κ3) is 3.32. The molecular weight excluding hydrogens is 336 g/mol. The first-order chi connectivity index (χ1) is 12.4. The molecule has 2 N–H and O–H groups in total. The summed E-state index contributed by atoms with van der Waals surface area (Å²) in [6.07, 6.45) is -0.0240. The molecule has 0 aromatic heterocycles. The molecule has 1 aliphatic rings. The Morgan fingerprint density at radius 2 is 1.77 bits per heavy atom. The van der Waals surface area contributed by atoms with Gasteiger partial charge in [0.2, 0.25) is 5.91 Å². The second-order valence-electron chi connectivity index (χ2n) is 5.96. The molecule has 7 nitrogen and oxygen atoms in total. The second kappa shape index (κ2) is 6.79. The molecule has 1 fully saturated rings. The zero-order chi connectivity index (χ0) is 18.8. The molecule has 1 aliphatic heterocycles. The van der Waals surface area contributed by atoms with E-state index in [1.807, 2.05) is 0 Å². The lowest BCUT2D eigenvalue weighted by molar-refractivity contribution is -0.121. The van der Waals surface area contributed by atoms with Gasteiger partial charge in [0.25, 0.3) is 5.91 Å². The summed E-state index contributed by atoms with van der Waals surface area (Å²) in [6, 6.07) is 11.5. The molecule has 2 aromatic carbocycles. The number of aromatic carboxylic acids is 1. The molecule has 0 radical (unpaired) electrons. The highest BCUT2D eigenvalue weighted by atomic mass is 16.4. The Bertz CT molecular complexity index is 904. The van der Waals surface area contributed by atoms with Gasteiger partial charge >= 0.3 is 5.97 Å². The van der Waals surface area contributed by atoms with Crippen LogP contribution < -0.4 is 10.2 Å². The van der Waals surface area contributed by atoms with Gasteiger partial charge < -0.3 is 10.4 Å². The SMILES string of the molecule is CC(=O)c1cccc(N2C(=O)C[C@H](Nc3ccc(C(=O)O)cc3)C2=O)c1. The van der Waals surface area contributed by atoms with Crippen LogP contribution in [0, 0.1) is 0 Å². The Hall–Kier alpha value is -3.48. The van der Waals surface area contributed by atoms with E-state index >= 15 is 0 Å². The smallest absolute Gasteiger partial charge is 0.335 e. The van der Waals surface area contributed by atoms with Crippen LogP contribution in [-0.2, 0) is 9.59 Å². The van der Waals surface area contributed by atoms with E-state index in [4.69, 9.17) is 5.11 Å². The van der Waals surface area contributed by atoms with E-state index in [1.54, 1.807) is 30.3 Å². The van der Waals surface area contributed by atoms with Crippen molar-refractivity contribution in [3.8, 4) is 0 Å². The highest BCUT2D eigenvalue weighted by molar-refractivity contribution is 6.23. The van der Waals surface area contributed by atoms with Crippen molar-refractivity contribution in [3.05, 3.63) is 59.7 Å². The van der Waals surface area contributed by atoms with Gasteiger partial charge in [0, 0.05) is 11.3 Å². The standard InChI is InChI=1S/C19H16N2O5/c1-11(22)13-3-2-4-15(9-13)21-17(23)10-16(18(21)24)20-14-7-5-12(6-8-14)19(25)26/h2-9,16,20H,10H2,1H3,(H,25,26)/t16-/m0/s1. The van der Waals surface area contributed by atoms with Crippen molar-refractivity contribution in [2.24, 2.45) is 0 Å². The van der Waals surface area contributed by atoms with Crippen LogP contribution in [-0.4, -0.2) is 34.7 Å². The van der Waals surface area contributed by atoms with Gasteiger partial charge in [-0.25, -0.2) is 9.69 Å². The summed E-state index contributed by atoms with van der Waals surface area (Å²) >= 11 is 0. The molecule has 1 atom stereocenters. The molecule has 1 saturated heterocycles. The minimum Gasteiger partial charge on any atom is -0.478 e. The molecular formula is C19H16N2O5. The highest BCUT2D eigenvalue weighted by Crippen LogP contribution is 2.26. The number of amides is 2. The van der Waals surface area contributed by atoms with Crippen LogP contribution in [0.25, 0.3) is 0 Å². The number of anilines is 2. The van der Waals surface area contributed by atoms with Crippen LogP contribution in [0.1, 0.15) is 34.1 Å². The van der Waals surface area contributed by atoms with Crippen molar-refractivity contribution >= 4 is 34.9 Å². The Labute approximate surface area is 149 Å². The van der Waals surface area contributed by atoms with Crippen LogP contribution in [0.5, 0.6) is 0 Å². The van der Waals surface area contributed by atoms with E-state index < -0.39 is 17.9 Å². The van der Waals surface area contributed by atoms with Crippen molar-refractivity contribution in [2.75, 3.05) is 10.2 Å². The molecule has 0 aliphatic carbocycles. The number of carboxylic acid groups (broad SMARTS) is 1. The number of nitrogens with one attached hydrogen (secondary N) is 1. The molecule has 2 amide bonds. The number of nitrogens with zero attached hydrogens (tertiary/aromatic N) is 1. The van der Waals surface area contributed by atoms with Crippen molar-refractivity contribution < 1.29 is 24.3 Å². The largest absolute Gasteiger partial charge is 0.478 e. The Morgan fingerprint density at radius 1 is 1.08 bits per heavy atom. The topological polar surface area (TPSA) is 104 Å². The number of Topliss-reactive ketones (excluding diaryl/α,β-unsaturated/α-hetero) is 1. The molecule has 1 heterocycles. The van der Waals surface area contributed by atoms with Crippen LogP contribution in [0.4, 0.5) is 11.4 Å². The average Bonchev–Trinajstić information content (AvgIpc) is 2.89. The summed E-state index contributed by atoms with van der Waals surface area (Å²) < 4.78 is 0. The first-order valence-electron chi connectivity index (χ1n) is 7.94. The maximum absolute atomic E-state index is 12.6. The first kappa shape index (κ1) is 17.3. The van der Waals surface area contributed by atoms with Crippen molar-refractivity contribution in [1.29, 1.82) is 0 Å². The van der Waals surface area contributed by atoms with Crippen LogP contribution in [0.15, 0.2) is 48.5 Å². The van der Waals surface area contributed by atoms with Crippen LogP contribution in [0.3, 0.4) is 0 Å². The summed E-state index contributed by atoms with van der Waals surface area (Å²) in [6.45, 7) is 1.41. The number of benzene rings is 2. The molecule has 0 unspecified atom stereocenters. The third-order valence-electron chi connectivity index (χ3n) is 4.13. The molecule has 132 valence electrons. The van der Waals surface area contributed by atoms with Crippen molar-refractivity contribution in [3.63, 3.8) is 0 Å². The summed E-state index contributed by atoms with van der Waals surface area (Å²) in [7, 11) is 0. The zero-order valence-electron chi connectivity index (χ0n) is 13.9. The normalized spacial score (nSPS) is 16.7. The Balaban J connectivity index is 1.79. The van der Waals surface area contributed by atoms with Gasteiger partial charge in [-0.1, -0.05) is 12.1 Å². The molecule has 0 spiro atoms. The van der Waals surface area contributed by atoms with Gasteiger partial charge in [-0.3, -0.25) is 14.4 Å². The fraction of sp³-hybridized carbons (Fsp3) is 0.158. The fourth-order valence-corrected chi connectivity index (χ4v) is 2.79. The van der Waals surface area contributed by atoms with Crippen molar-refractivity contribution in [2.45, 2.75) is 19.4 Å². The summed E-state index contributed by atoms with van der Waals surface area (Å²) in [4.78, 5) is 48.4. The number of carboxylic acids is 1. The van der Waals surface area contributed by atoms with E-state index in [-0.39, 0.29) is 23.7 Å². The lowest BCUT2D eigenvalue weighted by atomic mass is 10.1. The number of carbonyl (C=O) groups excluding carboxylic acids is 3. The molecule has 2 aromatic rings. The summed E-state index contributed by atoms with van der Waals surface area (Å²) in [5.74, 6) is -1.98. The van der Waals surface area contributed by atoms with Gasteiger partial charge in [0.15, 0.2) is 5.78 Å². The number of hydrogen-bond acceptors (Lipinski definition) is 5. The maximum Gasteiger partial charge on any atom is 0.335 e. The number of hydrogen-bond donors (Lipinski definition) is 2. The predicted octanol–water partition coefficient (Wildman–Crippen LogP) is 2.33. The van der Waals surface area contributed by atoms with Gasteiger partial charge in [-0.05, 0) is 43.3 Å². The van der Waals surface area contributed by atoms with E-state index in [2.05, 4.69) is 5.32 Å². The highest BCUT2D eigenvalue weighted by Gasteiger charge is 2.39. The summed E-state index contributed by atoms with van der Waals surface area (Å²) in [5.41, 5.74) is 1.45. The number of rotatable bonds is 5. The van der Waals surface area contributed by atoms with Gasteiger partial charge in [-0.2, -0.15) is 0 Å². The van der Waals surface area contributed by atoms with E-state index in [0.29, 0.717) is 16.9 Å². The number of imide groups is 1. The lowest BCUT2D eigenvalue weighted by Crippen LogP contribution is -2.34. The zero-order valence-corrected chi connectivity index (χ0v) is 13.9. The monoisotopic (exact) mass is 352 g/mol. The van der Waals surface area contributed by atoms with Gasteiger partial charge in [0.05, 0.1) is 17.7 Å². The minimum atomic E-state index is -1.04. The van der Waals surface area contributed by atoms with E-state index in [1.165, 1.54) is 25.1 Å². The maximum atomic E-state index is 12.6. The molecule has 7 heteroatoms. The summed E-state index contributed by atoms with van der Waals surface area (Å²) in [5, 5.41) is 11.9. The Kier molecular flexibility index (Phi) is 4.53. The minimum absolute atomic E-state index is 0.0240.